The standard InChI is InChI=1S/C25H23N5O3/c1-16-23(27-28-30(16)22-9-5-8-18-13-26-11-10-21(18)22)24(31)29-14-19(12-20(15-29)25(32)33)17-6-3-2-4-7-17/h2-11,13,19-20H,12,14-15H2,1H3,(H,32,33). The van der Waals surface area contributed by atoms with Crippen LogP contribution in [0.4, 0.5) is 0 Å². The average molecular weight is 441 g/mol. The second-order valence-corrected chi connectivity index (χ2v) is 8.40. The number of hydrogen-bond donors (Lipinski definition) is 1. The summed E-state index contributed by atoms with van der Waals surface area (Å²) >= 11 is 0. The number of hydrogen-bond acceptors (Lipinski definition) is 5. The summed E-state index contributed by atoms with van der Waals surface area (Å²) in [5.41, 5.74) is 2.69. The molecule has 2 unspecified atom stereocenters. The molecule has 8 nitrogen and oxygen atoms in total. The van der Waals surface area contributed by atoms with Gasteiger partial charge in [-0.25, -0.2) is 4.68 Å². The van der Waals surface area contributed by atoms with Gasteiger partial charge in [-0.1, -0.05) is 47.7 Å². The predicted octanol–water partition coefficient (Wildman–Crippen LogP) is 3.45. The van der Waals surface area contributed by atoms with Crippen LogP contribution in [0.25, 0.3) is 16.5 Å². The monoisotopic (exact) mass is 441 g/mol. The first-order chi connectivity index (χ1) is 16.0. The summed E-state index contributed by atoms with van der Waals surface area (Å²) in [6, 6.07) is 17.5. The van der Waals surface area contributed by atoms with Crippen LogP contribution in [0.3, 0.4) is 0 Å². The van der Waals surface area contributed by atoms with E-state index in [1.54, 1.807) is 28.9 Å². The topological polar surface area (TPSA) is 101 Å². The second kappa shape index (κ2) is 8.46. The first-order valence-electron chi connectivity index (χ1n) is 10.9. The predicted molar refractivity (Wildman–Crippen MR) is 122 cm³/mol. The lowest BCUT2D eigenvalue weighted by Crippen LogP contribution is -2.45. The van der Waals surface area contributed by atoms with Gasteiger partial charge in [0, 0.05) is 42.2 Å². The summed E-state index contributed by atoms with van der Waals surface area (Å²) in [6.07, 6.45) is 3.99. The van der Waals surface area contributed by atoms with Crippen molar-refractivity contribution in [2.24, 2.45) is 5.92 Å². The van der Waals surface area contributed by atoms with Crippen molar-refractivity contribution in [1.29, 1.82) is 0 Å². The Morgan fingerprint density at radius 1 is 1.03 bits per heavy atom. The Bertz CT molecular complexity index is 1330. The maximum absolute atomic E-state index is 13.5. The normalized spacial score (nSPS) is 18.4. The number of amides is 1. The van der Waals surface area contributed by atoms with Crippen molar-refractivity contribution < 1.29 is 14.7 Å². The molecule has 2 aromatic heterocycles. The highest BCUT2D eigenvalue weighted by atomic mass is 16.4. The molecule has 1 aliphatic rings. The third-order valence-corrected chi connectivity index (χ3v) is 6.34. The Kier molecular flexibility index (Phi) is 5.34. The SMILES string of the molecule is Cc1c(C(=O)N2CC(C(=O)O)CC(c3ccccc3)C2)nnn1-c1cccc2cnccc12. The second-order valence-electron chi connectivity index (χ2n) is 8.40. The lowest BCUT2D eigenvalue weighted by molar-refractivity contribution is -0.143. The Hall–Kier alpha value is -4.07. The molecule has 8 heteroatoms. The molecule has 2 atom stereocenters. The van der Waals surface area contributed by atoms with Crippen molar-refractivity contribution >= 4 is 22.6 Å². The van der Waals surface area contributed by atoms with Gasteiger partial charge in [-0.2, -0.15) is 0 Å². The van der Waals surface area contributed by atoms with Crippen molar-refractivity contribution in [3.8, 4) is 5.69 Å². The Labute approximate surface area is 190 Å². The third kappa shape index (κ3) is 3.84. The smallest absolute Gasteiger partial charge is 0.308 e. The molecule has 3 heterocycles. The van der Waals surface area contributed by atoms with E-state index in [-0.39, 0.29) is 24.1 Å². The van der Waals surface area contributed by atoms with Crippen molar-refractivity contribution in [3.05, 3.63) is 83.9 Å². The van der Waals surface area contributed by atoms with E-state index in [1.165, 1.54) is 0 Å². The van der Waals surface area contributed by atoms with Gasteiger partial charge in [0.05, 0.1) is 17.3 Å². The van der Waals surface area contributed by atoms with Gasteiger partial charge in [0.15, 0.2) is 5.69 Å². The number of rotatable bonds is 4. The number of carboxylic acid groups (broad SMARTS) is 1. The van der Waals surface area contributed by atoms with Crippen LogP contribution in [-0.4, -0.2) is 55.0 Å². The quantitative estimate of drug-likeness (QED) is 0.521. The number of carbonyl (C=O) groups excluding carboxylic acids is 1. The summed E-state index contributed by atoms with van der Waals surface area (Å²) in [5.74, 6) is -1.87. The zero-order valence-corrected chi connectivity index (χ0v) is 18.1. The van der Waals surface area contributed by atoms with Gasteiger partial charge < -0.3 is 10.0 Å². The van der Waals surface area contributed by atoms with Crippen molar-refractivity contribution in [1.82, 2.24) is 24.9 Å². The van der Waals surface area contributed by atoms with E-state index in [9.17, 15) is 14.7 Å². The number of fused-ring (bicyclic) bond motifs is 1. The molecular formula is C25H23N5O3. The summed E-state index contributed by atoms with van der Waals surface area (Å²) in [6.45, 7) is 2.41. The molecule has 0 aliphatic carbocycles. The van der Waals surface area contributed by atoms with Crippen LogP contribution in [0.1, 0.15) is 34.1 Å². The number of pyridine rings is 1. The van der Waals surface area contributed by atoms with Crippen LogP contribution in [0, 0.1) is 12.8 Å². The van der Waals surface area contributed by atoms with Crippen molar-refractivity contribution in [3.63, 3.8) is 0 Å². The van der Waals surface area contributed by atoms with E-state index in [1.807, 2.05) is 54.6 Å². The molecule has 1 saturated heterocycles. The lowest BCUT2D eigenvalue weighted by Gasteiger charge is -2.36. The molecule has 4 aromatic rings. The highest BCUT2D eigenvalue weighted by Crippen LogP contribution is 2.31. The Morgan fingerprint density at radius 3 is 2.64 bits per heavy atom. The number of aromatic nitrogens is 4. The highest BCUT2D eigenvalue weighted by Gasteiger charge is 2.36. The fourth-order valence-corrected chi connectivity index (χ4v) is 4.61. The van der Waals surface area contributed by atoms with E-state index >= 15 is 0 Å². The van der Waals surface area contributed by atoms with Crippen LogP contribution < -0.4 is 0 Å². The van der Waals surface area contributed by atoms with Gasteiger partial charge in [0.1, 0.15) is 0 Å². The molecule has 5 rings (SSSR count). The molecule has 1 amide bonds. The first kappa shape index (κ1) is 20.8. The van der Waals surface area contributed by atoms with Gasteiger partial charge in [-0.15, -0.1) is 5.10 Å². The van der Waals surface area contributed by atoms with Crippen LogP contribution in [0.5, 0.6) is 0 Å². The summed E-state index contributed by atoms with van der Waals surface area (Å²) < 4.78 is 1.66. The van der Waals surface area contributed by atoms with Crippen molar-refractivity contribution in [2.45, 2.75) is 19.3 Å². The largest absolute Gasteiger partial charge is 0.481 e. The van der Waals surface area contributed by atoms with E-state index in [4.69, 9.17) is 0 Å². The van der Waals surface area contributed by atoms with E-state index < -0.39 is 11.9 Å². The number of aliphatic carboxylic acids is 1. The third-order valence-electron chi connectivity index (χ3n) is 6.34. The fraction of sp³-hybridized carbons (Fsp3) is 0.240. The molecule has 33 heavy (non-hydrogen) atoms. The average Bonchev–Trinajstić information content (AvgIpc) is 3.24. The Balaban J connectivity index is 1.48. The summed E-state index contributed by atoms with van der Waals surface area (Å²) in [5, 5.41) is 20.1. The number of benzene rings is 2. The molecule has 0 radical (unpaired) electrons. The highest BCUT2D eigenvalue weighted by molar-refractivity contribution is 5.94. The zero-order chi connectivity index (χ0) is 22.9. The Morgan fingerprint density at radius 2 is 1.85 bits per heavy atom. The van der Waals surface area contributed by atoms with Gasteiger partial charge in [-0.05, 0) is 31.0 Å². The number of carboxylic acids is 1. The summed E-state index contributed by atoms with van der Waals surface area (Å²) in [7, 11) is 0. The van der Waals surface area contributed by atoms with Crippen LogP contribution in [0.15, 0.2) is 67.0 Å². The molecule has 0 bridgehead atoms. The molecule has 2 aromatic carbocycles. The number of likely N-dealkylation sites (tertiary alicyclic amines) is 1. The number of carbonyl (C=O) groups is 2. The minimum atomic E-state index is -0.891. The number of piperidine rings is 1. The minimum absolute atomic E-state index is 0.0501. The summed E-state index contributed by atoms with van der Waals surface area (Å²) in [4.78, 5) is 31.1. The number of nitrogens with zero attached hydrogens (tertiary/aromatic N) is 5. The maximum Gasteiger partial charge on any atom is 0.308 e. The van der Waals surface area contributed by atoms with Crippen LogP contribution in [0.2, 0.25) is 0 Å². The van der Waals surface area contributed by atoms with Gasteiger partial charge >= 0.3 is 5.97 Å². The lowest BCUT2D eigenvalue weighted by atomic mass is 9.84. The molecule has 0 spiro atoms. The van der Waals surface area contributed by atoms with Gasteiger partial charge in [-0.3, -0.25) is 14.6 Å². The van der Waals surface area contributed by atoms with Gasteiger partial charge in [0.25, 0.3) is 5.91 Å². The molecule has 166 valence electrons. The fourth-order valence-electron chi connectivity index (χ4n) is 4.61. The first-order valence-corrected chi connectivity index (χ1v) is 10.9. The molecule has 1 aliphatic heterocycles. The van der Waals surface area contributed by atoms with Crippen molar-refractivity contribution in [2.75, 3.05) is 13.1 Å². The van der Waals surface area contributed by atoms with Crippen LogP contribution >= 0.6 is 0 Å². The van der Waals surface area contributed by atoms with E-state index in [0.29, 0.717) is 18.7 Å². The minimum Gasteiger partial charge on any atom is -0.481 e. The molecular weight excluding hydrogens is 418 g/mol. The molecule has 1 fully saturated rings. The maximum atomic E-state index is 13.5. The van der Waals surface area contributed by atoms with Gasteiger partial charge in [0.2, 0.25) is 0 Å². The van der Waals surface area contributed by atoms with E-state index in [2.05, 4.69) is 15.3 Å². The molecule has 0 saturated carbocycles. The zero-order valence-electron chi connectivity index (χ0n) is 18.1. The molecule has 1 N–H and O–H groups in total. The van der Waals surface area contributed by atoms with Crippen LogP contribution in [-0.2, 0) is 4.79 Å². The van der Waals surface area contributed by atoms with E-state index in [0.717, 1.165) is 22.0 Å².